The van der Waals surface area contributed by atoms with E-state index in [2.05, 4.69) is 6.08 Å². The van der Waals surface area contributed by atoms with Crippen molar-refractivity contribution in [2.45, 2.75) is 38.6 Å². The number of rotatable bonds is 9. The first-order valence-corrected chi connectivity index (χ1v) is 11.0. The number of carbonyl (C=O) groups excluding carboxylic acids is 1. The maximum Gasteiger partial charge on any atom is 0.306 e. The highest BCUT2D eigenvalue weighted by Gasteiger charge is 2.35. The van der Waals surface area contributed by atoms with Gasteiger partial charge in [-0.25, -0.2) is 0 Å². The van der Waals surface area contributed by atoms with Crippen molar-refractivity contribution in [3.8, 4) is 5.75 Å². The highest BCUT2D eigenvalue weighted by molar-refractivity contribution is 6.31. The fraction of sp³-hybridized carbons (Fsp3) is 0.400. The van der Waals surface area contributed by atoms with Gasteiger partial charge in [-0.15, -0.1) is 0 Å². The minimum Gasteiger partial charge on any atom is -0.496 e. The van der Waals surface area contributed by atoms with E-state index in [-0.39, 0.29) is 18.0 Å². The summed E-state index contributed by atoms with van der Waals surface area (Å²) in [6.07, 6.45) is 5.10. The van der Waals surface area contributed by atoms with E-state index in [0.717, 1.165) is 23.3 Å². The molecule has 3 rings (SSSR count). The number of methoxy groups -OCH3 is 1. The van der Waals surface area contributed by atoms with Crippen LogP contribution in [0.4, 0.5) is 0 Å². The molecular formula is C25H29ClO5. The van der Waals surface area contributed by atoms with Gasteiger partial charge in [-0.1, -0.05) is 60.2 Å². The molecule has 31 heavy (non-hydrogen) atoms. The number of hydrogen-bond acceptors (Lipinski definition) is 5. The van der Waals surface area contributed by atoms with Crippen LogP contribution in [0.2, 0.25) is 5.02 Å². The van der Waals surface area contributed by atoms with Gasteiger partial charge in [0.1, 0.15) is 5.75 Å². The number of ether oxygens (including phenoxy) is 4. The molecule has 5 nitrogen and oxygen atoms in total. The minimum absolute atomic E-state index is 0.0916. The summed E-state index contributed by atoms with van der Waals surface area (Å²) in [7, 11) is 1.66. The Bertz CT molecular complexity index is 882. The molecule has 1 aliphatic heterocycles. The van der Waals surface area contributed by atoms with Crippen LogP contribution in [0, 0.1) is 5.92 Å². The SMILES string of the molecule is CCOC(=O)CC/C=C\CC1COC(c2ccccc2Cl)OC1c1ccccc1OC. The van der Waals surface area contributed by atoms with Crippen molar-refractivity contribution in [1.29, 1.82) is 0 Å². The average molecular weight is 445 g/mol. The summed E-state index contributed by atoms with van der Waals surface area (Å²) in [5.74, 6) is 0.698. The predicted octanol–water partition coefficient (Wildman–Crippen LogP) is 6.04. The summed E-state index contributed by atoms with van der Waals surface area (Å²) in [4.78, 5) is 11.5. The van der Waals surface area contributed by atoms with Crippen LogP contribution < -0.4 is 4.74 Å². The fourth-order valence-electron chi connectivity index (χ4n) is 3.65. The van der Waals surface area contributed by atoms with Crippen LogP contribution in [0.25, 0.3) is 0 Å². The van der Waals surface area contributed by atoms with Gasteiger partial charge in [-0.3, -0.25) is 4.79 Å². The van der Waals surface area contributed by atoms with Crippen molar-refractivity contribution in [3.63, 3.8) is 0 Å². The average Bonchev–Trinajstić information content (AvgIpc) is 2.79. The van der Waals surface area contributed by atoms with Gasteiger partial charge in [0.15, 0.2) is 6.29 Å². The van der Waals surface area contributed by atoms with Crippen LogP contribution in [-0.4, -0.2) is 26.3 Å². The van der Waals surface area contributed by atoms with Gasteiger partial charge >= 0.3 is 5.97 Å². The van der Waals surface area contributed by atoms with E-state index in [1.165, 1.54) is 0 Å². The van der Waals surface area contributed by atoms with E-state index >= 15 is 0 Å². The minimum atomic E-state index is -0.548. The third kappa shape index (κ3) is 6.33. The summed E-state index contributed by atoms with van der Waals surface area (Å²) in [5, 5.41) is 0.614. The molecule has 1 aliphatic rings. The second-order valence-corrected chi connectivity index (χ2v) is 7.70. The number of allylic oxidation sites excluding steroid dienone is 2. The maximum absolute atomic E-state index is 11.5. The largest absolute Gasteiger partial charge is 0.496 e. The Kier molecular flexibility index (Phi) is 8.95. The standard InChI is InChI=1S/C25H29ClO5/c1-3-29-23(27)16-6-4-5-11-18-17-30-25(19-12-7-9-14-21(19)26)31-24(18)20-13-8-10-15-22(20)28-2/h4-5,7-10,12-15,18,24-25H,3,6,11,16-17H2,1-2H3/b5-4-. The van der Waals surface area contributed by atoms with Crippen LogP contribution >= 0.6 is 11.6 Å². The molecule has 1 saturated heterocycles. The van der Waals surface area contributed by atoms with Gasteiger partial charge < -0.3 is 18.9 Å². The quantitative estimate of drug-likeness (QED) is 0.348. The Morgan fingerprint density at radius 3 is 2.61 bits per heavy atom. The van der Waals surface area contributed by atoms with Gasteiger partial charge in [-0.2, -0.15) is 0 Å². The molecule has 6 heteroatoms. The maximum atomic E-state index is 11.5. The second kappa shape index (κ2) is 11.9. The molecule has 0 N–H and O–H groups in total. The fourth-order valence-corrected chi connectivity index (χ4v) is 3.88. The van der Waals surface area contributed by atoms with E-state index in [4.69, 9.17) is 30.5 Å². The molecule has 0 amide bonds. The van der Waals surface area contributed by atoms with Crippen molar-refractivity contribution >= 4 is 17.6 Å². The molecule has 0 spiro atoms. The lowest BCUT2D eigenvalue weighted by molar-refractivity contribution is -0.244. The molecule has 1 heterocycles. The topological polar surface area (TPSA) is 54.0 Å². The van der Waals surface area contributed by atoms with Gasteiger partial charge in [0.05, 0.1) is 26.4 Å². The zero-order valence-electron chi connectivity index (χ0n) is 18.0. The molecule has 0 radical (unpaired) electrons. The van der Waals surface area contributed by atoms with Crippen LogP contribution in [0.1, 0.15) is 49.7 Å². The van der Waals surface area contributed by atoms with Crippen molar-refractivity contribution in [2.75, 3.05) is 20.3 Å². The summed E-state index contributed by atoms with van der Waals surface area (Å²) < 4.78 is 23.0. The molecule has 1 fully saturated rings. The Morgan fingerprint density at radius 2 is 1.87 bits per heavy atom. The first-order valence-electron chi connectivity index (χ1n) is 10.6. The van der Waals surface area contributed by atoms with Crippen LogP contribution in [0.3, 0.4) is 0 Å². The summed E-state index contributed by atoms with van der Waals surface area (Å²) in [6.45, 7) is 2.73. The van der Waals surface area contributed by atoms with Crippen LogP contribution in [-0.2, 0) is 19.0 Å². The lowest BCUT2D eigenvalue weighted by Gasteiger charge is -2.37. The molecule has 3 atom stereocenters. The van der Waals surface area contributed by atoms with Crippen molar-refractivity contribution in [2.24, 2.45) is 5.92 Å². The highest BCUT2D eigenvalue weighted by Crippen LogP contribution is 2.43. The summed E-state index contributed by atoms with van der Waals surface area (Å²) in [5.41, 5.74) is 1.79. The number of esters is 1. The third-order valence-electron chi connectivity index (χ3n) is 5.19. The molecule has 0 bridgehead atoms. The zero-order chi connectivity index (χ0) is 22.1. The number of halogens is 1. The smallest absolute Gasteiger partial charge is 0.306 e. The first-order chi connectivity index (χ1) is 15.1. The van der Waals surface area contributed by atoms with Gasteiger partial charge in [0.25, 0.3) is 0 Å². The monoisotopic (exact) mass is 444 g/mol. The zero-order valence-corrected chi connectivity index (χ0v) is 18.7. The van der Waals surface area contributed by atoms with Gasteiger partial charge in [0, 0.05) is 28.5 Å². The van der Waals surface area contributed by atoms with E-state index in [0.29, 0.717) is 31.1 Å². The lowest BCUT2D eigenvalue weighted by atomic mass is 9.91. The Morgan fingerprint density at radius 1 is 1.13 bits per heavy atom. The number of para-hydroxylation sites is 1. The van der Waals surface area contributed by atoms with Gasteiger partial charge in [0.2, 0.25) is 0 Å². The predicted molar refractivity (Wildman–Crippen MR) is 120 cm³/mol. The number of hydrogen-bond donors (Lipinski definition) is 0. The van der Waals surface area contributed by atoms with Crippen molar-refractivity contribution in [1.82, 2.24) is 0 Å². The normalized spacial score (nSPS) is 21.2. The van der Waals surface area contributed by atoms with Crippen molar-refractivity contribution in [3.05, 3.63) is 76.8 Å². The molecule has 0 saturated carbocycles. The van der Waals surface area contributed by atoms with Crippen molar-refractivity contribution < 1.29 is 23.7 Å². The van der Waals surface area contributed by atoms with E-state index in [1.54, 1.807) is 7.11 Å². The molecule has 0 aliphatic carbocycles. The number of carbonyl (C=O) groups is 1. The lowest BCUT2D eigenvalue weighted by Crippen LogP contribution is -2.30. The molecule has 2 aromatic rings. The Hall–Kier alpha value is -2.34. The molecule has 0 aromatic heterocycles. The molecular weight excluding hydrogens is 416 g/mol. The van der Waals surface area contributed by atoms with E-state index < -0.39 is 6.29 Å². The molecule has 2 aromatic carbocycles. The van der Waals surface area contributed by atoms with Gasteiger partial charge in [-0.05, 0) is 31.9 Å². The Balaban J connectivity index is 1.74. The molecule has 3 unspecified atom stereocenters. The second-order valence-electron chi connectivity index (χ2n) is 7.30. The summed E-state index contributed by atoms with van der Waals surface area (Å²) in [6, 6.07) is 15.4. The van der Waals surface area contributed by atoms with Crippen LogP contribution in [0.15, 0.2) is 60.7 Å². The molecule has 166 valence electrons. The first kappa shape index (κ1) is 23.3. The number of benzene rings is 2. The van der Waals surface area contributed by atoms with Crippen LogP contribution in [0.5, 0.6) is 5.75 Å². The highest BCUT2D eigenvalue weighted by atomic mass is 35.5. The Labute approximate surface area is 188 Å². The summed E-state index contributed by atoms with van der Waals surface area (Å²) >= 11 is 6.38. The third-order valence-corrected chi connectivity index (χ3v) is 5.53. The van der Waals surface area contributed by atoms with E-state index in [9.17, 15) is 4.79 Å². The van der Waals surface area contributed by atoms with E-state index in [1.807, 2.05) is 61.5 Å².